The molecule has 2 aromatic carbocycles. The van der Waals surface area contributed by atoms with Gasteiger partial charge in [-0.1, -0.05) is 55.3 Å². The summed E-state index contributed by atoms with van der Waals surface area (Å²) in [5.41, 5.74) is 1.46. The van der Waals surface area contributed by atoms with Crippen LogP contribution < -0.4 is 20.5 Å². The normalized spacial score (nSPS) is 21.8. The van der Waals surface area contributed by atoms with Crippen LogP contribution in [-0.4, -0.2) is 52.6 Å². The zero-order chi connectivity index (χ0) is 27.6. The third-order valence-corrected chi connectivity index (χ3v) is 8.28. The fourth-order valence-corrected chi connectivity index (χ4v) is 6.34. The van der Waals surface area contributed by atoms with Crippen LogP contribution in [0.3, 0.4) is 0 Å². The summed E-state index contributed by atoms with van der Waals surface area (Å²) < 4.78 is 24.2. The highest BCUT2D eigenvalue weighted by atomic mass is 35.5. The number of aromatic nitrogens is 2. The molecule has 2 unspecified atom stereocenters. The van der Waals surface area contributed by atoms with Crippen molar-refractivity contribution in [1.82, 2.24) is 14.7 Å². The van der Waals surface area contributed by atoms with Gasteiger partial charge in [0.15, 0.2) is 11.5 Å². The number of nitrogens with one attached hydrogen (secondary N) is 1. The Kier molecular flexibility index (Phi) is 7.71. The predicted octanol–water partition coefficient (Wildman–Crippen LogP) is 5.64. The van der Waals surface area contributed by atoms with Crippen LogP contribution in [0.4, 0.5) is 10.5 Å². The van der Waals surface area contributed by atoms with E-state index in [1.165, 1.54) is 17.5 Å². The maximum atomic E-state index is 13.0. The molecule has 2 fully saturated rings. The van der Waals surface area contributed by atoms with Crippen molar-refractivity contribution >= 4 is 23.4 Å². The number of carbonyl (C=O) groups excluding carboxylic acids is 1. The highest BCUT2D eigenvalue weighted by Gasteiger charge is 2.42. The fourth-order valence-electron chi connectivity index (χ4n) is 6.09. The number of piperidine rings is 1. The Morgan fingerprint density at radius 2 is 1.82 bits per heavy atom. The standard InChI is InChI=1S/C29H33ClN4O6/c1-2-3-11-33-19-9-10-20(33)15-21(14-19)34-29(36)40-27(32-34)22-16-23(30)24(26-25(22)37-12-13-38-26)31-28(35)39-17-18-7-5-4-6-8-18/h4-8,16,19-21H,2-3,9-15,17H2,1H3,(H,31,35). The van der Waals surface area contributed by atoms with Crippen LogP contribution in [0.5, 0.6) is 11.5 Å². The van der Waals surface area contributed by atoms with Gasteiger partial charge in [0.05, 0.1) is 16.6 Å². The number of nitrogens with zero attached hydrogens (tertiary/aromatic N) is 3. The zero-order valence-corrected chi connectivity index (χ0v) is 23.2. The summed E-state index contributed by atoms with van der Waals surface area (Å²) in [5, 5.41) is 7.45. The van der Waals surface area contributed by atoms with Crippen molar-refractivity contribution < 1.29 is 23.4 Å². The second-order valence-electron chi connectivity index (χ2n) is 10.5. The first-order chi connectivity index (χ1) is 19.5. The van der Waals surface area contributed by atoms with Crippen molar-refractivity contribution in [2.75, 3.05) is 25.1 Å². The molecule has 10 nitrogen and oxygen atoms in total. The summed E-state index contributed by atoms with van der Waals surface area (Å²) in [4.78, 5) is 28.2. The summed E-state index contributed by atoms with van der Waals surface area (Å²) in [6, 6.07) is 11.8. The van der Waals surface area contributed by atoms with Crippen LogP contribution in [0.1, 0.15) is 57.1 Å². The van der Waals surface area contributed by atoms with Gasteiger partial charge in [0, 0.05) is 12.1 Å². The van der Waals surface area contributed by atoms with Crippen LogP contribution in [0.25, 0.3) is 11.5 Å². The van der Waals surface area contributed by atoms with Crippen LogP contribution in [-0.2, 0) is 11.3 Å². The average Bonchev–Trinajstić information content (AvgIpc) is 3.47. The number of ether oxygens (including phenoxy) is 3. The van der Waals surface area contributed by atoms with Gasteiger partial charge < -0.3 is 18.6 Å². The van der Waals surface area contributed by atoms with E-state index >= 15 is 0 Å². The molecule has 1 N–H and O–H groups in total. The number of anilines is 1. The molecular formula is C29H33ClN4O6. The minimum atomic E-state index is -0.689. The SMILES string of the molecule is CCCCN1C2CCC1CC(n1nc(-c3cc(Cl)c(NC(=O)OCc4ccccc4)c4c3OCCO4)oc1=O)C2. The van der Waals surface area contributed by atoms with E-state index in [1.807, 2.05) is 30.3 Å². The first kappa shape index (κ1) is 26.7. The van der Waals surface area contributed by atoms with Crippen molar-refractivity contribution in [3.63, 3.8) is 0 Å². The topological polar surface area (TPSA) is 108 Å². The average molecular weight is 569 g/mol. The Hall–Kier alpha value is -3.50. The lowest BCUT2D eigenvalue weighted by atomic mass is 9.97. The highest BCUT2D eigenvalue weighted by Crippen LogP contribution is 2.48. The molecule has 4 heterocycles. The largest absolute Gasteiger partial charge is 0.485 e. The molecule has 212 valence electrons. The second kappa shape index (κ2) is 11.5. The van der Waals surface area contributed by atoms with E-state index in [4.69, 9.17) is 30.2 Å². The number of amides is 1. The highest BCUT2D eigenvalue weighted by molar-refractivity contribution is 6.34. The fraction of sp³-hybridized carbons (Fsp3) is 0.483. The quantitative estimate of drug-likeness (QED) is 0.372. The Morgan fingerprint density at radius 1 is 1.10 bits per heavy atom. The first-order valence-electron chi connectivity index (χ1n) is 14.0. The number of unbranched alkanes of at least 4 members (excludes halogenated alkanes) is 1. The van der Waals surface area contributed by atoms with Gasteiger partial charge in [-0.25, -0.2) is 9.59 Å². The Labute approximate surface area is 237 Å². The third kappa shape index (κ3) is 5.30. The Bertz CT molecular complexity index is 1410. The molecule has 0 spiro atoms. The van der Waals surface area contributed by atoms with Crippen molar-refractivity contribution in [2.24, 2.45) is 0 Å². The van der Waals surface area contributed by atoms with Gasteiger partial charge in [-0.15, -0.1) is 5.10 Å². The van der Waals surface area contributed by atoms with E-state index in [2.05, 4.69) is 22.2 Å². The molecule has 1 amide bonds. The van der Waals surface area contributed by atoms with E-state index in [-0.39, 0.29) is 48.2 Å². The number of hydrogen-bond acceptors (Lipinski definition) is 8. The molecule has 3 aromatic rings. The smallest absolute Gasteiger partial charge is 0.437 e. The molecule has 2 saturated heterocycles. The van der Waals surface area contributed by atoms with Crippen LogP contribution in [0.15, 0.2) is 45.6 Å². The maximum Gasteiger partial charge on any atom is 0.437 e. The Morgan fingerprint density at radius 3 is 2.55 bits per heavy atom. The van der Waals surface area contributed by atoms with Crippen LogP contribution in [0, 0.1) is 0 Å². The number of rotatable bonds is 8. The van der Waals surface area contributed by atoms with Gasteiger partial charge in [0.2, 0.25) is 0 Å². The molecule has 11 heteroatoms. The molecule has 1 aromatic heterocycles. The van der Waals surface area contributed by atoms with E-state index in [1.54, 1.807) is 6.07 Å². The van der Waals surface area contributed by atoms with Crippen molar-refractivity contribution in [1.29, 1.82) is 0 Å². The minimum Gasteiger partial charge on any atom is -0.485 e. The lowest BCUT2D eigenvalue weighted by Gasteiger charge is -2.38. The number of halogens is 1. The van der Waals surface area contributed by atoms with E-state index in [0.29, 0.717) is 23.4 Å². The van der Waals surface area contributed by atoms with Crippen molar-refractivity contribution in [3.8, 4) is 23.0 Å². The molecule has 2 bridgehead atoms. The zero-order valence-electron chi connectivity index (χ0n) is 22.4. The summed E-state index contributed by atoms with van der Waals surface area (Å²) in [6.45, 7) is 3.97. The molecule has 0 saturated carbocycles. The van der Waals surface area contributed by atoms with Gasteiger partial charge in [0.1, 0.15) is 25.5 Å². The van der Waals surface area contributed by atoms with Gasteiger partial charge >= 0.3 is 11.8 Å². The molecule has 0 aliphatic carbocycles. The van der Waals surface area contributed by atoms with Crippen molar-refractivity contribution in [3.05, 3.63) is 57.5 Å². The molecule has 40 heavy (non-hydrogen) atoms. The molecule has 3 aliphatic rings. The van der Waals surface area contributed by atoms with Gasteiger partial charge in [-0.2, -0.15) is 4.68 Å². The van der Waals surface area contributed by atoms with Crippen LogP contribution >= 0.6 is 11.6 Å². The lowest BCUT2D eigenvalue weighted by molar-refractivity contribution is 0.0985. The summed E-state index contributed by atoms with van der Waals surface area (Å²) in [5.74, 6) is 0.143. The monoisotopic (exact) mass is 568 g/mol. The summed E-state index contributed by atoms with van der Waals surface area (Å²) in [6.07, 6.45) is 5.73. The first-order valence-corrected chi connectivity index (χ1v) is 14.3. The Balaban J connectivity index is 1.23. The second-order valence-corrected chi connectivity index (χ2v) is 10.9. The van der Waals surface area contributed by atoms with Crippen LogP contribution in [0.2, 0.25) is 5.02 Å². The molecule has 0 radical (unpaired) electrons. The number of fused-ring (bicyclic) bond motifs is 3. The molecular weight excluding hydrogens is 536 g/mol. The van der Waals surface area contributed by atoms with Gasteiger partial charge in [0.25, 0.3) is 5.89 Å². The van der Waals surface area contributed by atoms with Gasteiger partial charge in [-0.05, 0) is 50.3 Å². The predicted molar refractivity (Wildman–Crippen MR) is 149 cm³/mol. The maximum absolute atomic E-state index is 13.0. The lowest BCUT2D eigenvalue weighted by Crippen LogP contribution is -2.45. The van der Waals surface area contributed by atoms with Gasteiger partial charge in [-0.3, -0.25) is 10.2 Å². The number of benzene rings is 2. The van der Waals surface area contributed by atoms with E-state index < -0.39 is 11.8 Å². The minimum absolute atomic E-state index is 0.0239. The molecule has 2 atom stereocenters. The summed E-state index contributed by atoms with van der Waals surface area (Å²) in [7, 11) is 0. The molecule has 6 rings (SSSR count). The van der Waals surface area contributed by atoms with E-state index in [9.17, 15) is 9.59 Å². The molecule has 3 aliphatic heterocycles. The van der Waals surface area contributed by atoms with E-state index in [0.717, 1.165) is 37.8 Å². The summed E-state index contributed by atoms with van der Waals surface area (Å²) >= 11 is 6.61. The number of hydrogen-bond donors (Lipinski definition) is 1. The number of carbonyl (C=O) groups is 1. The van der Waals surface area contributed by atoms with Crippen molar-refractivity contribution in [2.45, 2.75) is 70.2 Å². The third-order valence-electron chi connectivity index (χ3n) is 7.98.